The van der Waals surface area contributed by atoms with Gasteiger partial charge in [-0.3, -0.25) is 4.99 Å². The molecule has 0 amide bonds. The smallest absolute Gasteiger partial charge is 0.191 e. The van der Waals surface area contributed by atoms with Crippen LogP contribution in [0.4, 0.5) is 0 Å². The maximum absolute atomic E-state index is 5.07. The average Bonchev–Trinajstić information content (AvgIpc) is 3.05. The maximum atomic E-state index is 5.07. The Morgan fingerprint density at radius 1 is 1.29 bits per heavy atom. The first-order valence-corrected chi connectivity index (χ1v) is 8.41. The van der Waals surface area contributed by atoms with Gasteiger partial charge in [0.05, 0.1) is 6.33 Å². The highest BCUT2D eigenvalue weighted by Gasteiger charge is 2.00. The van der Waals surface area contributed by atoms with Crippen LogP contribution >= 0.6 is 24.0 Å². The second-order valence-electron chi connectivity index (χ2n) is 5.49. The standard InChI is InChI=1S/C16H32N6O.HI/c1-4-18-16(19-7-5-11-22-13-8-17-15-22)20-9-12-21(2)10-6-14-23-3;/h8,13,15H,4-7,9-12,14H2,1-3H3,(H2,18,19,20);1H. The summed E-state index contributed by atoms with van der Waals surface area (Å²) in [4.78, 5) is 10.9. The molecule has 0 aliphatic heterocycles. The van der Waals surface area contributed by atoms with E-state index in [1.165, 1.54) is 0 Å². The molecule has 140 valence electrons. The van der Waals surface area contributed by atoms with Gasteiger partial charge in [-0.2, -0.15) is 0 Å². The number of hydrogen-bond donors (Lipinski definition) is 2. The minimum atomic E-state index is 0. The van der Waals surface area contributed by atoms with Gasteiger partial charge in [0.25, 0.3) is 0 Å². The molecule has 0 aliphatic carbocycles. The van der Waals surface area contributed by atoms with Crippen LogP contribution in [0.1, 0.15) is 19.8 Å². The van der Waals surface area contributed by atoms with E-state index in [0.717, 1.165) is 64.7 Å². The van der Waals surface area contributed by atoms with Crippen LogP contribution in [0, 0.1) is 0 Å². The molecule has 0 saturated heterocycles. The molecule has 2 N–H and O–H groups in total. The summed E-state index contributed by atoms with van der Waals surface area (Å²) in [6.07, 6.45) is 7.69. The average molecular weight is 452 g/mol. The van der Waals surface area contributed by atoms with Crippen LogP contribution in [0.15, 0.2) is 23.7 Å². The van der Waals surface area contributed by atoms with Gasteiger partial charge < -0.3 is 24.8 Å². The lowest BCUT2D eigenvalue weighted by Crippen LogP contribution is -2.41. The summed E-state index contributed by atoms with van der Waals surface area (Å²) in [7, 11) is 3.88. The van der Waals surface area contributed by atoms with Gasteiger partial charge in [-0.15, -0.1) is 24.0 Å². The summed E-state index contributed by atoms with van der Waals surface area (Å²) in [5, 5.41) is 6.67. The Hall–Kier alpha value is -0.870. The maximum Gasteiger partial charge on any atom is 0.191 e. The van der Waals surface area contributed by atoms with Crippen molar-refractivity contribution in [1.29, 1.82) is 0 Å². The fraction of sp³-hybridized carbons (Fsp3) is 0.750. The third kappa shape index (κ3) is 11.6. The van der Waals surface area contributed by atoms with E-state index < -0.39 is 0 Å². The number of imidazole rings is 1. The van der Waals surface area contributed by atoms with Gasteiger partial charge in [0.2, 0.25) is 0 Å². The lowest BCUT2D eigenvalue weighted by atomic mass is 10.4. The van der Waals surface area contributed by atoms with Crippen molar-refractivity contribution in [2.24, 2.45) is 4.99 Å². The predicted molar refractivity (Wildman–Crippen MR) is 110 cm³/mol. The molecular formula is C16H33IN6O. The third-order valence-electron chi connectivity index (χ3n) is 3.42. The largest absolute Gasteiger partial charge is 0.385 e. The van der Waals surface area contributed by atoms with Crippen molar-refractivity contribution in [2.75, 3.05) is 53.5 Å². The number of nitrogens with zero attached hydrogens (tertiary/aromatic N) is 4. The van der Waals surface area contributed by atoms with Gasteiger partial charge in [0, 0.05) is 65.4 Å². The number of halogens is 1. The lowest BCUT2D eigenvalue weighted by molar-refractivity contribution is 0.180. The molecule has 7 nitrogen and oxygen atoms in total. The van der Waals surface area contributed by atoms with E-state index in [4.69, 9.17) is 4.74 Å². The van der Waals surface area contributed by atoms with E-state index in [-0.39, 0.29) is 24.0 Å². The number of aromatic nitrogens is 2. The Balaban J connectivity index is 0.00000529. The molecule has 0 spiro atoms. The molecule has 0 radical (unpaired) electrons. The molecule has 0 aromatic carbocycles. The van der Waals surface area contributed by atoms with Gasteiger partial charge in [0.1, 0.15) is 0 Å². The first-order valence-electron chi connectivity index (χ1n) is 8.41. The summed E-state index contributed by atoms with van der Waals surface area (Å²) in [5.74, 6) is 0.892. The van der Waals surface area contributed by atoms with Crippen molar-refractivity contribution < 1.29 is 4.74 Å². The minimum Gasteiger partial charge on any atom is -0.385 e. The van der Waals surface area contributed by atoms with Crippen LogP contribution in [-0.4, -0.2) is 73.9 Å². The molecule has 0 saturated carbocycles. The highest BCUT2D eigenvalue weighted by atomic mass is 127. The fourth-order valence-corrected chi connectivity index (χ4v) is 2.16. The van der Waals surface area contributed by atoms with Crippen LogP contribution in [0.25, 0.3) is 0 Å². The molecule has 1 rings (SSSR count). The zero-order valence-corrected chi connectivity index (χ0v) is 17.5. The van der Waals surface area contributed by atoms with Gasteiger partial charge in [0.15, 0.2) is 5.96 Å². The second kappa shape index (κ2) is 15.6. The lowest BCUT2D eigenvalue weighted by Gasteiger charge is -2.18. The van der Waals surface area contributed by atoms with Crippen molar-refractivity contribution >= 4 is 29.9 Å². The zero-order chi connectivity index (χ0) is 16.8. The van der Waals surface area contributed by atoms with E-state index in [0.29, 0.717) is 0 Å². The molecule has 24 heavy (non-hydrogen) atoms. The summed E-state index contributed by atoms with van der Waals surface area (Å²) in [6.45, 7) is 8.45. The highest BCUT2D eigenvalue weighted by Crippen LogP contribution is 1.91. The first kappa shape index (κ1) is 23.1. The molecule has 0 atom stereocenters. The number of nitrogens with one attached hydrogen (secondary N) is 2. The van der Waals surface area contributed by atoms with E-state index in [9.17, 15) is 0 Å². The summed E-state index contributed by atoms with van der Waals surface area (Å²) < 4.78 is 7.15. The SMILES string of the molecule is CCNC(=NCCCn1ccnc1)NCCN(C)CCCOC.I. The topological polar surface area (TPSA) is 66.7 Å². The number of methoxy groups -OCH3 is 1. The quantitative estimate of drug-likeness (QED) is 0.217. The van der Waals surface area contributed by atoms with Crippen molar-refractivity contribution in [3.8, 4) is 0 Å². The normalized spacial score (nSPS) is 11.4. The van der Waals surface area contributed by atoms with Crippen LogP contribution in [0.5, 0.6) is 0 Å². The van der Waals surface area contributed by atoms with Gasteiger partial charge in [-0.1, -0.05) is 0 Å². The molecule has 0 fully saturated rings. The van der Waals surface area contributed by atoms with E-state index >= 15 is 0 Å². The molecular weight excluding hydrogens is 419 g/mol. The van der Waals surface area contributed by atoms with Crippen LogP contribution in [0.3, 0.4) is 0 Å². The predicted octanol–water partition coefficient (Wildman–Crippen LogP) is 1.41. The summed E-state index contributed by atoms with van der Waals surface area (Å²) in [6, 6.07) is 0. The van der Waals surface area contributed by atoms with Crippen LogP contribution < -0.4 is 10.6 Å². The number of guanidine groups is 1. The van der Waals surface area contributed by atoms with Crippen molar-refractivity contribution in [2.45, 2.75) is 26.3 Å². The molecule has 1 heterocycles. The van der Waals surface area contributed by atoms with Gasteiger partial charge in [-0.25, -0.2) is 4.98 Å². The van der Waals surface area contributed by atoms with Crippen molar-refractivity contribution in [3.63, 3.8) is 0 Å². The molecule has 1 aromatic heterocycles. The fourth-order valence-electron chi connectivity index (χ4n) is 2.16. The van der Waals surface area contributed by atoms with Crippen LogP contribution in [0.2, 0.25) is 0 Å². The summed E-state index contributed by atoms with van der Waals surface area (Å²) >= 11 is 0. The van der Waals surface area contributed by atoms with Crippen LogP contribution in [-0.2, 0) is 11.3 Å². The Bertz CT molecular complexity index is 413. The number of hydrogen-bond acceptors (Lipinski definition) is 4. The summed E-state index contributed by atoms with van der Waals surface area (Å²) in [5.41, 5.74) is 0. The number of aryl methyl sites for hydroxylation is 1. The number of rotatable bonds is 12. The van der Waals surface area contributed by atoms with E-state index in [1.54, 1.807) is 13.3 Å². The van der Waals surface area contributed by atoms with Crippen molar-refractivity contribution in [1.82, 2.24) is 25.1 Å². The highest BCUT2D eigenvalue weighted by molar-refractivity contribution is 14.0. The monoisotopic (exact) mass is 452 g/mol. The van der Waals surface area contributed by atoms with E-state index in [1.807, 2.05) is 12.5 Å². The van der Waals surface area contributed by atoms with E-state index in [2.05, 4.69) is 44.0 Å². The third-order valence-corrected chi connectivity index (χ3v) is 3.42. The minimum absolute atomic E-state index is 0. The number of aliphatic imine (C=N–C) groups is 1. The molecule has 0 bridgehead atoms. The Morgan fingerprint density at radius 3 is 2.79 bits per heavy atom. The Labute approximate surface area is 163 Å². The Morgan fingerprint density at radius 2 is 2.12 bits per heavy atom. The molecule has 8 heteroatoms. The van der Waals surface area contributed by atoms with Gasteiger partial charge >= 0.3 is 0 Å². The van der Waals surface area contributed by atoms with Gasteiger partial charge in [-0.05, 0) is 26.8 Å². The Kier molecular flexibility index (Phi) is 15.1. The molecule has 0 unspecified atom stereocenters. The number of ether oxygens (including phenoxy) is 1. The number of likely N-dealkylation sites (N-methyl/N-ethyl adjacent to an activating group) is 1. The van der Waals surface area contributed by atoms with Crippen molar-refractivity contribution in [3.05, 3.63) is 18.7 Å². The second-order valence-corrected chi connectivity index (χ2v) is 5.49. The molecule has 1 aromatic rings. The zero-order valence-electron chi connectivity index (χ0n) is 15.2. The molecule has 0 aliphatic rings. The first-order chi connectivity index (χ1) is 11.3.